The van der Waals surface area contributed by atoms with Gasteiger partial charge in [0.15, 0.2) is 0 Å². The van der Waals surface area contributed by atoms with Gasteiger partial charge in [-0.25, -0.2) is 0 Å². The van der Waals surface area contributed by atoms with E-state index < -0.39 is 0 Å². The van der Waals surface area contributed by atoms with Gasteiger partial charge in [-0.2, -0.15) is 0 Å². The molecule has 4 rings (SSSR count). The van der Waals surface area contributed by atoms with Crippen molar-refractivity contribution in [2.75, 3.05) is 19.6 Å². The van der Waals surface area contributed by atoms with Gasteiger partial charge in [0, 0.05) is 49.0 Å². The van der Waals surface area contributed by atoms with Crippen LogP contribution in [0.1, 0.15) is 36.8 Å². The maximum absolute atomic E-state index is 12.6. The lowest BCUT2D eigenvalue weighted by atomic mass is 9.90. The molecule has 1 saturated heterocycles. The zero-order chi connectivity index (χ0) is 21.7. The number of likely N-dealkylation sites (tertiary alicyclic amines) is 1. The van der Waals surface area contributed by atoms with Crippen LogP contribution in [0.15, 0.2) is 54.9 Å². The van der Waals surface area contributed by atoms with Crippen molar-refractivity contribution < 1.29 is 9.59 Å². The van der Waals surface area contributed by atoms with Gasteiger partial charge in [0.1, 0.15) is 0 Å². The summed E-state index contributed by atoms with van der Waals surface area (Å²) in [6.45, 7) is 2.14. The van der Waals surface area contributed by atoms with Crippen LogP contribution < -0.4 is 5.32 Å². The smallest absolute Gasteiger partial charge is 0.246 e. The lowest BCUT2D eigenvalue weighted by molar-refractivity contribution is -0.127. The van der Waals surface area contributed by atoms with E-state index in [1.165, 1.54) is 5.56 Å². The molecule has 1 aliphatic carbocycles. The summed E-state index contributed by atoms with van der Waals surface area (Å²) in [4.78, 5) is 31.0. The van der Waals surface area contributed by atoms with Crippen LogP contribution in [0.3, 0.4) is 0 Å². The van der Waals surface area contributed by atoms with Gasteiger partial charge < -0.3 is 10.2 Å². The highest BCUT2D eigenvalue weighted by Crippen LogP contribution is 2.59. The van der Waals surface area contributed by atoms with Crippen molar-refractivity contribution >= 4 is 29.5 Å². The molecule has 0 radical (unpaired) electrons. The molecular formula is C25H28ClN3O2. The highest BCUT2D eigenvalue weighted by molar-refractivity contribution is 6.30. The number of hydrogen-bond donors (Lipinski definition) is 1. The van der Waals surface area contributed by atoms with Crippen LogP contribution in [0.5, 0.6) is 0 Å². The average molecular weight is 438 g/mol. The van der Waals surface area contributed by atoms with Gasteiger partial charge in [-0.1, -0.05) is 23.7 Å². The molecule has 1 spiro atoms. The summed E-state index contributed by atoms with van der Waals surface area (Å²) in [6, 6.07) is 11.4. The van der Waals surface area contributed by atoms with Crippen LogP contribution in [-0.4, -0.2) is 41.3 Å². The minimum Gasteiger partial charge on any atom is -0.356 e. The van der Waals surface area contributed by atoms with Crippen molar-refractivity contribution in [3.63, 3.8) is 0 Å². The molecule has 6 heteroatoms. The van der Waals surface area contributed by atoms with Crippen LogP contribution >= 0.6 is 11.6 Å². The second-order valence-electron chi connectivity index (χ2n) is 8.58. The third-order valence-corrected chi connectivity index (χ3v) is 6.81. The number of amides is 2. The fraction of sp³-hybridized carbons (Fsp3) is 0.400. The Morgan fingerprint density at radius 1 is 1.13 bits per heavy atom. The number of carbonyl (C=O) groups excluding carboxylic acids is 2. The Labute approximate surface area is 188 Å². The van der Waals surface area contributed by atoms with Crippen LogP contribution in [0, 0.1) is 11.3 Å². The monoisotopic (exact) mass is 437 g/mol. The van der Waals surface area contributed by atoms with E-state index >= 15 is 0 Å². The topological polar surface area (TPSA) is 62.3 Å². The lowest BCUT2D eigenvalue weighted by Crippen LogP contribution is -2.40. The molecule has 1 saturated carbocycles. The van der Waals surface area contributed by atoms with Crippen molar-refractivity contribution in [1.82, 2.24) is 15.2 Å². The maximum atomic E-state index is 12.6. The van der Waals surface area contributed by atoms with Gasteiger partial charge in [-0.05, 0) is 79.0 Å². The molecule has 1 aromatic carbocycles. The number of halogens is 1. The first-order valence-electron chi connectivity index (χ1n) is 10.9. The first-order chi connectivity index (χ1) is 15.1. The summed E-state index contributed by atoms with van der Waals surface area (Å²) in [5, 5.41) is 3.79. The van der Waals surface area contributed by atoms with Gasteiger partial charge >= 0.3 is 0 Å². The predicted molar refractivity (Wildman–Crippen MR) is 122 cm³/mol. The molecule has 2 aliphatic rings. The third-order valence-electron chi connectivity index (χ3n) is 6.56. The van der Waals surface area contributed by atoms with E-state index in [1.807, 2.05) is 47.4 Å². The second-order valence-corrected chi connectivity index (χ2v) is 9.02. The zero-order valence-electron chi connectivity index (χ0n) is 17.6. The number of rotatable bonds is 7. The number of nitrogens with one attached hydrogen (secondary N) is 1. The molecule has 2 aromatic rings. The van der Waals surface area contributed by atoms with Gasteiger partial charge in [0.25, 0.3) is 0 Å². The molecule has 1 aromatic heterocycles. The van der Waals surface area contributed by atoms with E-state index in [1.54, 1.807) is 18.5 Å². The second kappa shape index (κ2) is 9.65. The number of carbonyl (C=O) groups is 2. The Morgan fingerprint density at radius 3 is 2.55 bits per heavy atom. The molecule has 2 amide bonds. The Kier molecular flexibility index (Phi) is 6.71. The van der Waals surface area contributed by atoms with Crippen molar-refractivity contribution in [2.24, 2.45) is 11.3 Å². The number of nitrogens with zero attached hydrogens (tertiary/aromatic N) is 2. The molecule has 31 heavy (non-hydrogen) atoms. The van der Waals surface area contributed by atoms with E-state index in [4.69, 9.17) is 11.6 Å². The number of aromatic nitrogens is 1. The number of piperidine rings is 1. The lowest BCUT2D eigenvalue weighted by Gasteiger charge is -2.32. The summed E-state index contributed by atoms with van der Waals surface area (Å²) in [6.07, 6.45) is 11.7. The SMILES string of the molecule is O=C(NCCCc1ccncc1)C1CC12CCN(C(=O)C=Cc1ccc(Cl)cc1)CC2. The first-order valence-corrected chi connectivity index (χ1v) is 11.3. The highest BCUT2D eigenvalue weighted by Gasteiger charge is 2.58. The van der Waals surface area contributed by atoms with Crippen molar-refractivity contribution in [2.45, 2.75) is 32.1 Å². The fourth-order valence-corrected chi connectivity index (χ4v) is 4.59. The van der Waals surface area contributed by atoms with E-state index in [0.29, 0.717) is 11.6 Å². The summed E-state index contributed by atoms with van der Waals surface area (Å²) in [5.41, 5.74) is 2.30. The van der Waals surface area contributed by atoms with Gasteiger partial charge in [0.2, 0.25) is 11.8 Å². The van der Waals surface area contributed by atoms with Crippen LogP contribution in [0.2, 0.25) is 5.02 Å². The summed E-state index contributed by atoms with van der Waals surface area (Å²) in [5.74, 6) is 0.315. The van der Waals surface area contributed by atoms with Gasteiger partial charge in [-0.15, -0.1) is 0 Å². The minimum atomic E-state index is 0.0302. The Morgan fingerprint density at radius 2 is 1.84 bits per heavy atom. The third kappa shape index (κ3) is 5.53. The average Bonchev–Trinajstić information content (AvgIpc) is 3.50. The molecule has 1 N–H and O–H groups in total. The highest BCUT2D eigenvalue weighted by atomic mass is 35.5. The Bertz CT molecular complexity index is 935. The quantitative estimate of drug-likeness (QED) is 0.523. The molecule has 1 atom stereocenters. The largest absolute Gasteiger partial charge is 0.356 e. The molecule has 2 fully saturated rings. The standard InChI is InChI=1S/C25H28ClN3O2/c26-21-6-3-20(4-7-21)5-8-23(30)29-16-11-25(12-17-29)18-22(25)24(31)28-13-1-2-19-9-14-27-15-10-19/h3-10,14-15,22H,1-2,11-13,16-18H2,(H,28,31). The maximum Gasteiger partial charge on any atom is 0.246 e. The normalized spacial score (nSPS) is 19.5. The molecule has 1 unspecified atom stereocenters. The number of benzene rings is 1. The minimum absolute atomic E-state index is 0.0302. The van der Waals surface area contributed by atoms with E-state index in [2.05, 4.69) is 10.3 Å². The molecule has 2 heterocycles. The Balaban J connectivity index is 1.18. The van der Waals surface area contributed by atoms with E-state index in [0.717, 1.165) is 50.8 Å². The predicted octanol–water partition coefficient (Wildman–Crippen LogP) is 4.13. The van der Waals surface area contributed by atoms with Crippen molar-refractivity contribution in [3.05, 3.63) is 71.0 Å². The van der Waals surface area contributed by atoms with Crippen LogP contribution in [0.4, 0.5) is 0 Å². The van der Waals surface area contributed by atoms with Crippen LogP contribution in [0.25, 0.3) is 6.08 Å². The summed E-state index contributed by atoms with van der Waals surface area (Å²) >= 11 is 5.89. The molecule has 162 valence electrons. The zero-order valence-corrected chi connectivity index (χ0v) is 18.4. The van der Waals surface area contributed by atoms with E-state index in [-0.39, 0.29) is 23.1 Å². The van der Waals surface area contributed by atoms with Crippen LogP contribution in [-0.2, 0) is 16.0 Å². The molecule has 5 nitrogen and oxygen atoms in total. The molecular weight excluding hydrogens is 410 g/mol. The van der Waals surface area contributed by atoms with Crippen molar-refractivity contribution in [1.29, 1.82) is 0 Å². The number of pyridine rings is 1. The van der Waals surface area contributed by atoms with Crippen molar-refractivity contribution in [3.8, 4) is 0 Å². The van der Waals surface area contributed by atoms with Gasteiger partial charge in [-0.3, -0.25) is 14.6 Å². The molecule has 0 bridgehead atoms. The van der Waals surface area contributed by atoms with Gasteiger partial charge in [0.05, 0.1) is 0 Å². The summed E-state index contributed by atoms with van der Waals surface area (Å²) in [7, 11) is 0. The fourth-order valence-electron chi connectivity index (χ4n) is 4.47. The molecule has 1 aliphatic heterocycles. The number of aryl methyl sites for hydroxylation is 1. The number of hydrogen-bond acceptors (Lipinski definition) is 3. The van der Waals surface area contributed by atoms with E-state index in [9.17, 15) is 9.59 Å². The first kappa shape index (κ1) is 21.6. The summed E-state index contributed by atoms with van der Waals surface area (Å²) < 4.78 is 0. The Hall–Kier alpha value is -2.66.